The van der Waals surface area contributed by atoms with E-state index >= 15 is 0 Å². The molecule has 0 unspecified atom stereocenters. The predicted molar refractivity (Wildman–Crippen MR) is 118 cm³/mol. The Hall–Kier alpha value is -1.74. The number of amides is 1. The molecular formula is C23H35FN4O3. The molecule has 3 aliphatic heterocycles. The SMILES string of the molecule is O=C(CCN1CC[C@H](OCCN2CCOCC2)C1)N1CCN(c2ccc(F)cc2)CC1. The molecule has 1 atom stereocenters. The third-order valence-electron chi connectivity index (χ3n) is 6.56. The van der Waals surface area contributed by atoms with E-state index in [1.165, 1.54) is 12.1 Å². The molecule has 0 bridgehead atoms. The molecule has 1 aromatic carbocycles. The second-order valence-corrected chi connectivity index (χ2v) is 8.63. The lowest BCUT2D eigenvalue weighted by Crippen LogP contribution is -2.49. The Morgan fingerprint density at radius 3 is 2.45 bits per heavy atom. The maximum atomic E-state index is 13.1. The quantitative estimate of drug-likeness (QED) is 0.615. The molecule has 3 saturated heterocycles. The normalized spacial score (nSPS) is 23.5. The molecule has 4 rings (SSSR count). The number of ether oxygens (including phenoxy) is 2. The topological polar surface area (TPSA) is 48.5 Å². The van der Waals surface area contributed by atoms with Gasteiger partial charge in [0, 0.05) is 77.6 Å². The van der Waals surface area contributed by atoms with Crippen molar-refractivity contribution < 1.29 is 18.7 Å². The molecule has 0 aromatic heterocycles. The number of carbonyl (C=O) groups excluding carboxylic acids is 1. The van der Waals surface area contributed by atoms with E-state index in [1.54, 1.807) is 12.1 Å². The summed E-state index contributed by atoms with van der Waals surface area (Å²) in [5, 5.41) is 0. The van der Waals surface area contributed by atoms with Gasteiger partial charge < -0.3 is 24.2 Å². The average Bonchev–Trinajstić information content (AvgIpc) is 3.26. The van der Waals surface area contributed by atoms with Gasteiger partial charge >= 0.3 is 0 Å². The summed E-state index contributed by atoms with van der Waals surface area (Å²) in [6.07, 6.45) is 1.90. The number of likely N-dealkylation sites (tertiary alicyclic amines) is 1. The molecule has 0 spiro atoms. The Bertz CT molecular complexity index is 691. The van der Waals surface area contributed by atoms with E-state index in [-0.39, 0.29) is 17.8 Å². The van der Waals surface area contributed by atoms with Crippen LogP contribution >= 0.6 is 0 Å². The number of nitrogens with zero attached hydrogens (tertiary/aromatic N) is 4. The van der Waals surface area contributed by atoms with Gasteiger partial charge in [0.05, 0.1) is 25.9 Å². The highest BCUT2D eigenvalue weighted by Crippen LogP contribution is 2.18. The molecule has 7 nitrogen and oxygen atoms in total. The number of benzene rings is 1. The first-order valence-electron chi connectivity index (χ1n) is 11.6. The number of piperazine rings is 1. The standard InChI is InChI=1S/C23H35FN4O3/c24-20-1-3-21(4-2-20)27-9-11-28(12-10-27)23(29)6-8-26-7-5-22(19-26)31-18-15-25-13-16-30-17-14-25/h1-4,22H,5-19H2/t22-/m0/s1. The second kappa shape index (κ2) is 11.2. The fourth-order valence-corrected chi connectivity index (χ4v) is 4.59. The van der Waals surface area contributed by atoms with Crippen LogP contribution in [0.5, 0.6) is 0 Å². The molecular weight excluding hydrogens is 399 g/mol. The predicted octanol–water partition coefficient (Wildman–Crippen LogP) is 1.29. The van der Waals surface area contributed by atoms with Crippen molar-refractivity contribution in [3.05, 3.63) is 30.1 Å². The highest BCUT2D eigenvalue weighted by molar-refractivity contribution is 5.76. The van der Waals surface area contributed by atoms with Gasteiger partial charge in [-0.2, -0.15) is 0 Å². The molecule has 8 heteroatoms. The van der Waals surface area contributed by atoms with Crippen molar-refractivity contribution in [1.82, 2.24) is 14.7 Å². The van der Waals surface area contributed by atoms with Gasteiger partial charge in [-0.25, -0.2) is 4.39 Å². The summed E-state index contributed by atoms with van der Waals surface area (Å²) in [6, 6.07) is 6.59. The van der Waals surface area contributed by atoms with Crippen molar-refractivity contribution in [1.29, 1.82) is 0 Å². The maximum Gasteiger partial charge on any atom is 0.223 e. The number of anilines is 1. The third-order valence-corrected chi connectivity index (χ3v) is 6.56. The molecule has 0 N–H and O–H groups in total. The Labute approximate surface area is 184 Å². The van der Waals surface area contributed by atoms with Crippen LogP contribution in [0.15, 0.2) is 24.3 Å². The molecule has 1 aromatic rings. The van der Waals surface area contributed by atoms with Crippen LogP contribution in [-0.2, 0) is 14.3 Å². The smallest absolute Gasteiger partial charge is 0.223 e. The van der Waals surface area contributed by atoms with Gasteiger partial charge in [-0.1, -0.05) is 0 Å². The van der Waals surface area contributed by atoms with Crippen LogP contribution < -0.4 is 4.90 Å². The van der Waals surface area contributed by atoms with E-state index in [2.05, 4.69) is 14.7 Å². The van der Waals surface area contributed by atoms with Gasteiger partial charge in [-0.05, 0) is 30.7 Å². The zero-order valence-corrected chi connectivity index (χ0v) is 18.4. The van der Waals surface area contributed by atoms with Crippen molar-refractivity contribution in [2.24, 2.45) is 0 Å². The molecule has 1 amide bonds. The summed E-state index contributed by atoms with van der Waals surface area (Å²) < 4.78 is 24.6. The van der Waals surface area contributed by atoms with E-state index in [1.807, 2.05) is 4.90 Å². The second-order valence-electron chi connectivity index (χ2n) is 8.63. The number of carbonyl (C=O) groups is 1. The minimum atomic E-state index is -0.218. The average molecular weight is 435 g/mol. The monoisotopic (exact) mass is 434 g/mol. The highest BCUT2D eigenvalue weighted by atomic mass is 19.1. The Morgan fingerprint density at radius 1 is 0.968 bits per heavy atom. The van der Waals surface area contributed by atoms with Gasteiger partial charge in [0.25, 0.3) is 0 Å². The summed E-state index contributed by atoms with van der Waals surface area (Å²) in [5.41, 5.74) is 1.02. The molecule has 3 fully saturated rings. The van der Waals surface area contributed by atoms with Gasteiger partial charge in [-0.15, -0.1) is 0 Å². The Morgan fingerprint density at radius 2 is 1.71 bits per heavy atom. The molecule has 0 radical (unpaired) electrons. The van der Waals surface area contributed by atoms with Crippen LogP contribution in [0.4, 0.5) is 10.1 Å². The molecule has 3 aliphatic rings. The van der Waals surface area contributed by atoms with E-state index in [0.29, 0.717) is 6.42 Å². The maximum absolute atomic E-state index is 13.1. The van der Waals surface area contributed by atoms with E-state index in [4.69, 9.17) is 9.47 Å². The first-order chi connectivity index (χ1) is 15.2. The molecule has 31 heavy (non-hydrogen) atoms. The van der Waals surface area contributed by atoms with Crippen LogP contribution in [0, 0.1) is 5.82 Å². The third kappa shape index (κ3) is 6.62. The number of hydrogen-bond acceptors (Lipinski definition) is 6. The summed E-state index contributed by atoms with van der Waals surface area (Å²) in [7, 11) is 0. The van der Waals surface area contributed by atoms with Crippen molar-refractivity contribution in [2.45, 2.75) is 18.9 Å². The molecule has 172 valence electrons. The number of rotatable bonds is 8. The fourth-order valence-electron chi connectivity index (χ4n) is 4.59. The van der Waals surface area contributed by atoms with Crippen LogP contribution in [0.2, 0.25) is 0 Å². The lowest BCUT2D eigenvalue weighted by atomic mass is 10.2. The lowest BCUT2D eigenvalue weighted by Gasteiger charge is -2.36. The van der Waals surface area contributed by atoms with Crippen molar-refractivity contribution in [2.75, 3.05) is 90.2 Å². The molecule has 3 heterocycles. The molecule has 0 aliphatic carbocycles. The zero-order valence-electron chi connectivity index (χ0n) is 18.4. The Kier molecular flexibility index (Phi) is 8.13. The van der Waals surface area contributed by atoms with Gasteiger partial charge in [-0.3, -0.25) is 9.69 Å². The lowest BCUT2D eigenvalue weighted by molar-refractivity contribution is -0.131. The van der Waals surface area contributed by atoms with Crippen LogP contribution in [-0.4, -0.2) is 112 Å². The minimum absolute atomic E-state index is 0.218. The van der Waals surface area contributed by atoms with E-state index in [9.17, 15) is 9.18 Å². The number of morpholine rings is 1. The first-order valence-corrected chi connectivity index (χ1v) is 11.6. The highest BCUT2D eigenvalue weighted by Gasteiger charge is 2.26. The van der Waals surface area contributed by atoms with Crippen molar-refractivity contribution >= 4 is 11.6 Å². The summed E-state index contributed by atoms with van der Waals surface area (Å²) in [4.78, 5) is 21.6. The van der Waals surface area contributed by atoms with Crippen LogP contribution in [0.1, 0.15) is 12.8 Å². The van der Waals surface area contributed by atoms with Crippen molar-refractivity contribution in [3.8, 4) is 0 Å². The van der Waals surface area contributed by atoms with E-state index in [0.717, 1.165) is 97.4 Å². The fraction of sp³-hybridized carbons (Fsp3) is 0.696. The Balaban J connectivity index is 1.09. The summed E-state index contributed by atoms with van der Waals surface area (Å²) in [5.74, 6) is 0.0136. The summed E-state index contributed by atoms with van der Waals surface area (Å²) >= 11 is 0. The van der Waals surface area contributed by atoms with Crippen molar-refractivity contribution in [3.63, 3.8) is 0 Å². The van der Waals surface area contributed by atoms with Crippen LogP contribution in [0.3, 0.4) is 0 Å². The number of halogens is 1. The largest absolute Gasteiger partial charge is 0.379 e. The minimum Gasteiger partial charge on any atom is -0.379 e. The van der Waals surface area contributed by atoms with Gasteiger partial charge in [0.2, 0.25) is 5.91 Å². The zero-order chi connectivity index (χ0) is 21.5. The molecule has 0 saturated carbocycles. The van der Waals surface area contributed by atoms with Crippen LogP contribution in [0.25, 0.3) is 0 Å². The van der Waals surface area contributed by atoms with E-state index < -0.39 is 0 Å². The van der Waals surface area contributed by atoms with Gasteiger partial charge in [0.1, 0.15) is 5.82 Å². The van der Waals surface area contributed by atoms with Gasteiger partial charge in [0.15, 0.2) is 0 Å². The first kappa shape index (κ1) is 22.5. The number of hydrogen-bond donors (Lipinski definition) is 0. The summed E-state index contributed by atoms with van der Waals surface area (Å²) in [6.45, 7) is 11.2.